The highest BCUT2D eigenvalue weighted by Gasteiger charge is 2.45. The van der Waals surface area contributed by atoms with Gasteiger partial charge in [0.05, 0.1) is 13.2 Å². The van der Waals surface area contributed by atoms with Crippen LogP contribution < -0.4 is 5.32 Å². The van der Waals surface area contributed by atoms with Gasteiger partial charge in [-0.15, -0.1) is 0 Å². The van der Waals surface area contributed by atoms with Gasteiger partial charge >= 0.3 is 0 Å². The summed E-state index contributed by atoms with van der Waals surface area (Å²) in [6.45, 7) is 6.43. The van der Waals surface area contributed by atoms with Crippen molar-refractivity contribution >= 4 is 11.8 Å². The van der Waals surface area contributed by atoms with Crippen LogP contribution in [0.4, 0.5) is 0 Å². The standard InChI is InChI=1S/C20H32N2O4/c1-19(2,17(23)21-11-8-16-6-4-3-5-7-16)18(24)22-12-9-20(10-13-22)25-14-15-26-20/h6H,3-5,7-15H2,1-2H3,(H,21,23). The van der Waals surface area contributed by atoms with Crippen LogP contribution in [-0.2, 0) is 19.1 Å². The van der Waals surface area contributed by atoms with Gasteiger partial charge in [-0.25, -0.2) is 0 Å². The number of likely N-dealkylation sites (tertiary alicyclic amines) is 1. The summed E-state index contributed by atoms with van der Waals surface area (Å²) in [5.74, 6) is -0.802. The molecule has 0 bridgehead atoms. The molecule has 0 aromatic rings. The first kappa shape index (κ1) is 19.4. The van der Waals surface area contributed by atoms with E-state index in [1.807, 2.05) is 0 Å². The Morgan fingerprint density at radius 3 is 2.50 bits per heavy atom. The molecule has 2 amide bonds. The molecule has 6 nitrogen and oxygen atoms in total. The van der Waals surface area contributed by atoms with Gasteiger partial charge < -0.3 is 19.7 Å². The number of hydrogen-bond donors (Lipinski definition) is 1. The summed E-state index contributed by atoms with van der Waals surface area (Å²) < 4.78 is 11.4. The molecule has 3 rings (SSSR count). The van der Waals surface area contributed by atoms with E-state index in [1.54, 1.807) is 18.7 Å². The third-order valence-electron chi connectivity index (χ3n) is 5.85. The highest BCUT2D eigenvalue weighted by Crippen LogP contribution is 2.33. The van der Waals surface area contributed by atoms with Gasteiger partial charge in [0.25, 0.3) is 0 Å². The van der Waals surface area contributed by atoms with Gasteiger partial charge in [0.1, 0.15) is 5.41 Å². The predicted octanol–water partition coefficient (Wildman–Crippen LogP) is 2.38. The predicted molar refractivity (Wildman–Crippen MR) is 98.4 cm³/mol. The monoisotopic (exact) mass is 364 g/mol. The number of allylic oxidation sites excluding steroid dienone is 1. The van der Waals surface area contributed by atoms with Crippen LogP contribution in [0.25, 0.3) is 0 Å². The first-order valence-corrected chi connectivity index (χ1v) is 9.96. The van der Waals surface area contributed by atoms with Gasteiger partial charge in [-0.3, -0.25) is 9.59 Å². The van der Waals surface area contributed by atoms with Crippen LogP contribution in [0.3, 0.4) is 0 Å². The maximum atomic E-state index is 12.9. The van der Waals surface area contributed by atoms with Crippen molar-refractivity contribution in [3.05, 3.63) is 11.6 Å². The van der Waals surface area contributed by atoms with Gasteiger partial charge in [-0.1, -0.05) is 11.6 Å². The fourth-order valence-electron chi connectivity index (χ4n) is 4.02. The minimum atomic E-state index is -1.05. The van der Waals surface area contributed by atoms with E-state index in [1.165, 1.54) is 18.4 Å². The maximum absolute atomic E-state index is 12.9. The van der Waals surface area contributed by atoms with E-state index >= 15 is 0 Å². The van der Waals surface area contributed by atoms with Crippen molar-refractivity contribution < 1.29 is 19.1 Å². The van der Waals surface area contributed by atoms with E-state index in [0.717, 1.165) is 19.3 Å². The van der Waals surface area contributed by atoms with Crippen LogP contribution in [0, 0.1) is 5.41 Å². The number of piperidine rings is 1. The Labute approximate surface area is 156 Å². The van der Waals surface area contributed by atoms with Gasteiger partial charge in [-0.05, 0) is 46.0 Å². The van der Waals surface area contributed by atoms with Crippen LogP contribution in [0.2, 0.25) is 0 Å². The molecule has 1 spiro atoms. The lowest BCUT2D eigenvalue weighted by Gasteiger charge is -2.40. The molecular formula is C20H32N2O4. The maximum Gasteiger partial charge on any atom is 0.237 e. The lowest BCUT2D eigenvalue weighted by atomic mass is 9.88. The average molecular weight is 364 g/mol. The number of rotatable bonds is 5. The van der Waals surface area contributed by atoms with Crippen molar-refractivity contribution in [3.8, 4) is 0 Å². The summed E-state index contributed by atoms with van der Waals surface area (Å²) in [5.41, 5.74) is 0.376. The van der Waals surface area contributed by atoms with Crippen LogP contribution in [-0.4, -0.2) is 55.3 Å². The van der Waals surface area contributed by atoms with Crippen LogP contribution in [0.1, 0.15) is 58.8 Å². The fourth-order valence-corrected chi connectivity index (χ4v) is 4.02. The topological polar surface area (TPSA) is 67.9 Å². The van der Waals surface area contributed by atoms with Crippen molar-refractivity contribution in [2.24, 2.45) is 5.41 Å². The smallest absolute Gasteiger partial charge is 0.237 e. The SMILES string of the molecule is CC(C)(C(=O)NCCC1=CCCCC1)C(=O)N1CCC2(CC1)OCCO2. The molecule has 146 valence electrons. The summed E-state index contributed by atoms with van der Waals surface area (Å²) in [5, 5.41) is 2.96. The minimum absolute atomic E-state index is 0.111. The third-order valence-corrected chi connectivity index (χ3v) is 5.85. The fraction of sp³-hybridized carbons (Fsp3) is 0.800. The molecule has 26 heavy (non-hydrogen) atoms. The second-order valence-electron chi connectivity index (χ2n) is 8.14. The van der Waals surface area contributed by atoms with Gasteiger partial charge in [0.2, 0.25) is 11.8 Å². The molecule has 0 atom stereocenters. The van der Waals surface area contributed by atoms with Crippen molar-refractivity contribution in [2.75, 3.05) is 32.8 Å². The molecule has 2 aliphatic heterocycles. The van der Waals surface area contributed by atoms with Crippen molar-refractivity contribution in [1.82, 2.24) is 10.2 Å². The molecule has 2 saturated heterocycles. The summed E-state index contributed by atoms with van der Waals surface area (Å²) in [4.78, 5) is 27.3. The molecule has 0 aromatic heterocycles. The van der Waals surface area contributed by atoms with Crippen LogP contribution in [0.5, 0.6) is 0 Å². The zero-order valence-corrected chi connectivity index (χ0v) is 16.1. The number of carbonyl (C=O) groups excluding carboxylic acids is 2. The molecule has 2 fully saturated rings. The van der Waals surface area contributed by atoms with E-state index < -0.39 is 11.2 Å². The highest BCUT2D eigenvalue weighted by atomic mass is 16.7. The first-order valence-electron chi connectivity index (χ1n) is 9.96. The second kappa shape index (κ2) is 8.09. The Morgan fingerprint density at radius 1 is 1.19 bits per heavy atom. The quantitative estimate of drug-likeness (QED) is 0.601. The van der Waals surface area contributed by atoms with Crippen molar-refractivity contribution in [3.63, 3.8) is 0 Å². The molecular weight excluding hydrogens is 332 g/mol. The van der Waals surface area contributed by atoms with E-state index in [4.69, 9.17) is 9.47 Å². The normalized spacial score (nSPS) is 23.0. The van der Waals surface area contributed by atoms with E-state index in [-0.39, 0.29) is 11.8 Å². The number of carbonyl (C=O) groups is 2. The number of nitrogens with zero attached hydrogens (tertiary/aromatic N) is 1. The zero-order chi connectivity index (χ0) is 18.6. The average Bonchev–Trinajstić information content (AvgIpc) is 3.10. The summed E-state index contributed by atoms with van der Waals surface area (Å²) in [7, 11) is 0. The Bertz CT molecular complexity index is 554. The lowest BCUT2D eigenvalue weighted by molar-refractivity contribution is -0.189. The molecule has 6 heteroatoms. The molecule has 0 unspecified atom stereocenters. The second-order valence-corrected chi connectivity index (χ2v) is 8.14. The lowest BCUT2D eigenvalue weighted by Crippen LogP contribution is -2.54. The Balaban J connectivity index is 1.47. The van der Waals surface area contributed by atoms with Crippen LogP contribution in [0.15, 0.2) is 11.6 Å². The Kier molecular flexibility index (Phi) is 6.03. The third kappa shape index (κ3) is 4.29. The van der Waals surface area contributed by atoms with Gasteiger partial charge in [0.15, 0.2) is 5.79 Å². The largest absolute Gasteiger partial charge is 0.355 e. The Hall–Kier alpha value is -1.40. The summed E-state index contributed by atoms with van der Waals surface area (Å²) in [6, 6.07) is 0. The summed E-state index contributed by atoms with van der Waals surface area (Å²) >= 11 is 0. The van der Waals surface area contributed by atoms with Gasteiger partial charge in [0, 0.05) is 32.5 Å². The van der Waals surface area contributed by atoms with Gasteiger partial charge in [-0.2, -0.15) is 0 Å². The highest BCUT2D eigenvalue weighted by molar-refractivity contribution is 6.04. The first-order chi connectivity index (χ1) is 12.4. The number of amides is 2. The van der Waals surface area contributed by atoms with Crippen LogP contribution >= 0.6 is 0 Å². The number of hydrogen-bond acceptors (Lipinski definition) is 4. The molecule has 1 N–H and O–H groups in total. The molecule has 0 aromatic carbocycles. The molecule has 3 aliphatic rings. The summed E-state index contributed by atoms with van der Waals surface area (Å²) in [6.07, 6.45) is 9.32. The molecule has 2 heterocycles. The van der Waals surface area contributed by atoms with Crippen molar-refractivity contribution in [2.45, 2.75) is 64.6 Å². The zero-order valence-electron chi connectivity index (χ0n) is 16.1. The van der Waals surface area contributed by atoms with E-state index in [9.17, 15) is 9.59 Å². The molecule has 1 aliphatic carbocycles. The minimum Gasteiger partial charge on any atom is -0.355 e. The van der Waals surface area contributed by atoms with E-state index in [0.29, 0.717) is 45.7 Å². The van der Waals surface area contributed by atoms with E-state index in [2.05, 4.69) is 11.4 Å². The molecule has 0 saturated carbocycles. The molecule has 0 radical (unpaired) electrons. The number of ether oxygens (including phenoxy) is 2. The van der Waals surface area contributed by atoms with Crippen molar-refractivity contribution in [1.29, 1.82) is 0 Å². The number of nitrogens with one attached hydrogen (secondary N) is 1. The Morgan fingerprint density at radius 2 is 1.88 bits per heavy atom.